The van der Waals surface area contributed by atoms with Gasteiger partial charge in [-0.2, -0.15) is 5.10 Å². The molecular weight excluding hydrogens is 251 g/mol. The predicted molar refractivity (Wildman–Crippen MR) is 66.4 cm³/mol. The number of halogens is 1. The molecule has 19 heavy (non-hydrogen) atoms. The molecule has 1 aromatic heterocycles. The Morgan fingerprint density at radius 1 is 1.32 bits per heavy atom. The number of hydrogen-bond donors (Lipinski definition) is 0. The maximum Gasteiger partial charge on any atom is 0.437 e. The van der Waals surface area contributed by atoms with Crippen LogP contribution in [-0.4, -0.2) is 23.0 Å². The highest BCUT2D eigenvalue weighted by Gasteiger charge is 2.10. The van der Waals surface area contributed by atoms with Crippen molar-refractivity contribution in [2.75, 3.05) is 7.11 Å². The van der Waals surface area contributed by atoms with Crippen molar-refractivity contribution in [1.29, 1.82) is 0 Å². The SMILES string of the molecule is COC(=O)n1nc(-c2ccc(F)c(C)c2)ccc1=O. The molecule has 0 radical (unpaired) electrons. The van der Waals surface area contributed by atoms with Gasteiger partial charge in [0.2, 0.25) is 0 Å². The van der Waals surface area contributed by atoms with Crippen molar-refractivity contribution >= 4 is 6.09 Å². The van der Waals surface area contributed by atoms with E-state index in [9.17, 15) is 14.0 Å². The number of rotatable bonds is 1. The highest BCUT2D eigenvalue weighted by Crippen LogP contribution is 2.18. The second-order valence-corrected chi connectivity index (χ2v) is 3.90. The van der Waals surface area contributed by atoms with Gasteiger partial charge in [-0.15, -0.1) is 4.68 Å². The Morgan fingerprint density at radius 2 is 2.05 bits per heavy atom. The van der Waals surface area contributed by atoms with Gasteiger partial charge in [0.25, 0.3) is 5.56 Å². The molecule has 98 valence electrons. The molecule has 0 aliphatic rings. The number of benzene rings is 1. The molecule has 0 bridgehead atoms. The Hall–Kier alpha value is -2.50. The number of carbonyl (C=O) groups excluding carboxylic acids is 1. The fraction of sp³-hybridized carbons (Fsp3) is 0.154. The van der Waals surface area contributed by atoms with E-state index in [0.717, 1.165) is 7.11 Å². The van der Waals surface area contributed by atoms with Crippen molar-refractivity contribution < 1.29 is 13.9 Å². The molecule has 0 N–H and O–H groups in total. The number of carbonyl (C=O) groups is 1. The molecule has 2 rings (SSSR count). The summed E-state index contributed by atoms with van der Waals surface area (Å²) in [5, 5.41) is 3.89. The van der Waals surface area contributed by atoms with Gasteiger partial charge in [0, 0.05) is 11.6 Å². The number of ether oxygens (including phenoxy) is 1. The molecule has 0 spiro atoms. The Morgan fingerprint density at radius 3 is 2.68 bits per heavy atom. The van der Waals surface area contributed by atoms with Crippen LogP contribution in [0.2, 0.25) is 0 Å². The maximum atomic E-state index is 13.2. The van der Waals surface area contributed by atoms with Crippen LogP contribution in [0, 0.1) is 12.7 Å². The van der Waals surface area contributed by atoms with Gasteiger partial charge in [0.05, 0.1) is 12.8 Å². The van der Waals surface area contributed by atoms with Gasteiger partial charge < -0.3 is 4.74 Å². The van der Waals surface area contributed by atoms with E-state index in [1.165, 1.54) is 24.3 Å². The smallest absolute Gasteiger partial charge is 0.437 e. The van der Waals surface area contributed by atoms with Gasteiger partial charge >= 0.3 is 6.09 Å². The lowest BCUT2D eigenvalue weighted by Crippen LogP contribution is -2.29. The predicted octanol–water partition coefficient (Wildman–Crippen LogP) is 1.97. The summed E-state index contributed by atoms with van der Waals surface area (Å²) in [5.74, 6) is -0.329. The summed E-state index contributed by atoms with van der Waals surface area (Å²) in [4.78, 5) is 22.8. The van der Waals surface area contributed by atoms with Crippen LogP contribution in [0.4, 0.5) is 9.18 Å². The maximum absolute atomic E-state index is 13.2. The summed E-state index contributed by atoms with van der Waals surface area (Å²) in [6.07, 6.45) is -0.870. The minimum Gasteiger partial charge on any atom is -0.451 e. The first-order chi connectivity index (χ1) is 9.02. The second kappa shape index (κ2) is 5.01. The van der Waals surface area contributed by atoms with Gasteiger partial charge in [-0.1, -0.05) is 0 Å². The van der Waals surface area contributed by atoms with Gasteiger partial charge in [-0.3, -0.25) is 4.79 Å². The fourth-order valence-corrected chi connectivity index (χ4v) is 1.59. The van der Waals surface area contributed by atoms with Crippen LogP contribution >= 0.6 is 0 Å². The van der Waals surface area contributed by atoms with E-state index in [-0.39, 0.29) is 5.82 Å². The fourth-order valence-electron chi connectivity index (χ4n) is 1.59. The van der Waals surface area contributed by atoms with E-state index >= 15 is 0 Å². The molecule has 0 atom stereocenters. The summed E-state index contributed by atoms with van der Waals surface area (Å²) in [6, 6.07) is 7.09. The number of aryl methyl sites for hydroxylation is 1. The molecule has 6 heteroatoms. The molecule has 0 fully saturated rings. The van der Waals surface area contributed by atoms with Crippen LogP contribution in [0.3, 0.4) is 0 Å². The van der Waals surface area contributed by atoms with Crippen LogP contribution in [0.15, 0.2) is 35.1 Å². The highest BCUT2D eigenvalue weighted by atomic mass is 19.1. The first-order valence-electron chi connectivity index (χ1n) is 5.48. The van der Waals surface area contributed by atoms with E-state index in [2.05, 4.69) is 9.84 Å². The van der Waals surface area contributed by atoms with Crippen LogP contribution in [0.1, 0.15) is 5.56 Å². The minimum absolute atomic E-state index is 0.329. The van der Waals surface area contributed by atoms with Gasteiger partial charge in [0.15, 0.2) is 0 Å². The second-order valence-electron chi connectivity index (χ2n) is 3.90. The molecule has 2 aromatic rings. The monoisotopic (exact) mass is 262 g/mol. The zero-order chi connectivity index (χ0) is 14.0. The van der Waals surface area contributed by atoms with E-state index in [1.807, 2.05) is 0 Å². The molecule has 0 aliphatic carbocycles. The third-order valence-corrected chi connectivity index (χ3v) is 2.60. The van der Waals surface area contributed by atoms with Crippen molar-refractivity contribution in [3.8, 4) is 11.3 Å². The molecule has 0 unspecified atom stereocenters. The molecule has 1 heterocycles. The quantitative estimate of drug-likeness (QED) is 0.788. The third kappa shape index (κ3) is 2.52. The highest BCUT2D eigenvalue weighted by molar-refractivity contribution is 5.70. The zero-order valence-electron chi connectivity index (χ0n) is 10.4. The van der Waals surface area contributed by atoms with E-state index in [0.29, 0.717) is 21.5 Å². The average Bonchev–Trinajstić information content (AvgIpc) is 2.41. The lowest BCUT2D eigenvalue weighted by atomic mass is 10.1. The number of hydrogen-bond acceptors (Lipinski definition) is 4. The third-order valence-electron chi connectivity index (χ3n) is 2.60. The van der Waals surface area contributed by atoms with Gasteiger partial charge in [-0.05, 0) is 36.8 Å². The Labute approximate surface area is 108 Å². The Bertz CT molecular complexity index is 695. The number of nitrogens with zero attached hydrogens (tertiary/aromatic N) is 2. The average molecular weight is 262 g/mol. The summed E-state index contributed by atoms with van der Waals surface area (Å²) in [7, 11) is 1.16. The first kappa shape index (κ1) is 12.9. The van der Waals surface area contributed by atoms with Gasteiger partial charge in [-0.25, -0.2) is 9.18 Å². The van der Waals surface area contributed by atoms with Crippen LogP contribution < -0.4 is 5.56 Å². The Balaban J connectivity index is 2.54. The molecule has 5 nitrogen and oxygen atoms in total. The normalized spacial score (nSPS) is 10.3. The molecule has 0 amide bonds. The summed E-state index contributed by atoms with van der Waals surface area (Å²) in [5.41, 5.74) is 0.856. The summed E-state index contributed by atoms with van der Waals surface area (Å²) >= 11 is 0. The van der Waals surface area contributed by atoms with Crippen molar-refractivity contribution in [3.05, 3.63) is 52.1 Å². The molecular formula is C13H11FN2O3. The summed E-state index contributed by atoms with van der Waals surface area (Å²) < 4.78 is 18.3. The van der Waals surface area contributed by atoms with E-state index in [4.69, 9.17) is 0 Å². The molecule has 0 saturated heterocycles. The van der Waals surface area contributed by atoms with Crippen molar-refractivity contribution in [1.82, 2.24) is 9.78 Å². The topological polar surface area (TPSA) is 61.2 Å². The zero-order valence-corrected chi connectivity index (χ0v) is 10.4. The van der Waals surface area contributed by atoms with Crippen molar-refractivity contribution in [2.45, 2.75) is 6.92 Å². The lowest BCUT2D eigenvalue weighted by Gasteiger charge is -2.05. The van der Waals surface area contributed by atoms with Crippen molar-refractivity contribution in [2.24, 2.45) is 0 Å². The molecule has 0 aliphatic heterocycles. The van der Waals surface area contributed by atoms with E-state index in [1.54, 1.807) is 13.0 Å². The van der Waals surface area contributed by atoms with Gasteiger partial charge in [0.1, 0.15) is 5.82 Å². The Kier molecular flexibility index (Phi) is 3.41. The van der Waals surface area contributed by atoms with Crippen LogP contribution in [-0.2, 0) is 4.74 Å². The van der Waals surface area contributed by atoms with Crippen LogP contribution in [0.25, 0.3) is 11.3 Å². The number of methoxy groups -OCH3 is 1. The van der Waals surface area contributed by atoms with Crippen molar-refractivity contribution in [3.63, 3.8) is 0 Å². The summed E-state index contributed by atoms with van der Waals surface area (Å²) in [6.45, 7) is 1.62. The first-order valence-corrected chi connectivity index (χ1v) is 5.48. The van der Waals surface area contributed by atoms with E-state index < -0.39 is 11.7 Å². The molecule has 1 aromatic carbocycles. The standard InChI is InChI=1S/C13H11FN2O3/c1-8-7-9(3-4-10(8)14)11-5-6-12(17)16(15-11)13(18)19-2/h3-7H,1-2H3. The molecule has 0 saturated carbocycles. The number of aromatic nitrogens is 2. The van der Waals surface area contributed by atoms with Crippen LogP contribution in [0.5, 0.6) is 0 Å². The largest absolute Gasteiger partial charge is 0.451 e. The lowest BCUT2D eigenvalue weighted by molar-refractivity contribution is 0.167. The minimum atomic E-state index is -0.870.